The number of hydrogen-bond acceptors (Lipinski definition) is 4. The van der Waals surface area contributed by atoms with Crippen LogP contribution in [-0.2, 0) is 0 Å². The molecule has 0 atom stereocenters. The van der Waals surface area contributed by atoms with Gasteiger partial charge in [0.15, 0.2) is 0 Å². The number of carbonyl (C=O) groups excluding carboxylic acids is 1. The van der Waals surface area contributed by atoms with Gasteiger partial charge >= 0.3 is 0 Å². The van der Waals surface area contributed by atoms with Crippen molar-refractivity contribution in [1.29, 1.82) is 0 Å². The molecule has 2 heterocycles. The van der Waals surface area contributed by atoms with E-state index in [1.54, 1.807) is 12.3 Å². The largest absolute Gasteiger partial charge is 0.368 e. The van der Waals surface area contributed by atoms with Crippen molar-refractivity contribution in [3.05, 3.63) is 53.3 Å². The first-order valence-electron chi connectivity index (χ1n) is 8.67. The molecule has 0 saturated carbocycles. The fraction of sp³-hybridized carbons (Fsp3) is 0.368. The standard InChI is InChI=1S/C19H23ClN4O/c1-2-8-21-19(25)18-7-6-17(14-22-18)24-11-9-23(10-12-24)16-5-3-4-15(20)13-16/h3-7,13-14H,2,8-12H2,1H3,(H,21,25). The van der Waals surface area contributed by atoms with Crippen LogP contribution in [-0.4, -0.2) is 43.6 Å². The summed E-state index contributed by atoms with van der Waals surface area (Å²) in [5, 5.41) is 3.61. The molecule has 1 aliphatic rings. The Kier molecular flexibility index (Phi) is 5.76. The number of nitrogens with one attached hydrogen (secondary N) is 1. The molecule has 1 aromatic carbocycles. The second-order valence-electron chi connectivity index (χ2n) is 6.11. The number of carbonyl (C=O) groups is 1. The molecule has 1 N–H and O–H groups in total. The van der Waals surface area contributed by atoms with Crippen LogP contribution in [0.4, 0.5) is 11.4 Å². The molecular formula is C19H23ClN4O. The molecule has 1 fully saturated rings. The summed E-state index contributed by atoms with van der Waals surface area (Å²) in [6, 6.07) is 11.7. The lowest BCUT2D eigenvalue weighted by Crippen LogP contribution is -2.46. The highest BCUT2D eigenvalue weighted by molar-refractivity contribution is 6.30. The molecule has 0 bridgehead atoms. The number of pyridine rings is 1. The third-order valence-corrected chi connectivity index (χ3v) is 4.57. The van der Waals surface area contributed by atoms with E-state index in [1.807, 2.05) is 31.2 Å². The first-order valence-corrected chi connectivity index (χ1v) is 9.05. The predicted molar refractivity (Wildman–Crippen MR) is 103 cm³/mol. The maximum absolute atomic E-state index is 11.9. The van der Waals surface area contributed by atoms with Gasteiger partial charge in [-0.3, -0.25) is 4.79 Å². The minimum Gasteiger partial charge on any atom is -0.368 e. The normalized spacial score (nSPS) is 14.5. The molecule has 1 aromatic heterocycles. The molecule has 0 spiro atoms. The fourth-order valence-electron chi connectivity index (χ4n) is 2.93. The van der Waals surface area contributed by atoms with E-state index < -0.39 is 0 Å². The zero-order valence-corrected chi connectivity index (χ0v) is 15.2. The number of hydrogen-bond donors (Lipinski definition) is 1. The van der Waals surface area contributed by atoms with Gasteiger partial charge in [-0.25, -0.2) is 4.98 Å². The molecule has 0 radical (unpaired) electrons. The van der Waals surface area contributed by atoms with Crippen LogP contribution in [0.25, 0.3) is 0 Å². The molecule has 1 saturated heterocycles. The molecule has 1 amide bonds. The third-order valence-electron chi connectivity index (χ3n) is 4.33. The summed E-state index contributed by atoms with van der Waals surface area (Å²) < 4.78 is 0. The molecule has 6 heteroatoms. The maximum Gasteiger partial charge on any atom is 0.269 e. The second kappa shape index (κ2) is 8.21. The van der Waals surface area contributed by atoms with Crippen molar-refractivity contribution in [2.45, 2.75) is 13.3 Å². The highest BCUT2D eigenvalue weighted by Crippen LogP contribution is 2.22. The average molecular weight is 359 g/mol. The number of anilines is 2. The van der Waals surface area contributed by atoms with Gasteiger partial charge in [0.1, 0.15) is 5.69 Å². The third kappa shape index (κ3) is 4.42. The smallest absolute Gasteiger partial charge is 0.269 e. The fourth-order valence-corrected chi connectivity index (χ4v) is 3.12. The zero-order chi connectivity index (χ0) is 17.6. The molecule has 2 aromatic rings. The van der Waals surface area contributed by atoms with E-state index in [0.29, 0.717) is 12.2 Å². The van der Waals surface area contributed by atoms with Crippen LogP contribution in [0.3, 0.4) is 0 Å². The predicted octanol–water partition coefficient (Wildman–Crippen LogP) is 3.20. The Balaban J connectivity index is 1.58. The molecule has 0 aliphatic carbocycles. The Morgan fingerprint density at radius 2 is 1.84 bits per heavy atom. The van der Waals surface area contributed by atoms with E-state index in [0.717, 1.165) is 49.0 Å². The maximum atomic E-state index is 11.9. The van der Waals surface area contributed by atoms with Gasteiger partial charge < -0.3 is 15.1 Å². The summed E-state index contributed by atoms with van der Waals surface area (Å²) in [6.07, 6.45) is 2.70. The van der Waals surface area contributed by atoms with Crippen LogP contribution in [0.15, 0.2) is 42.6 Å². The zero-order valence-electron chi connectivity index (χ0n) is 14.4. The second-order valence-corrected chi connectivity index (χ2v) is 6.55. The van der Waals surface area contributed by atoms with Crippen LogP contribution in [0, 0.1) is 0 Å². The average Bonchev–Trinajstić information content (AvgIpc) is 2.66. The lowest BCUT2D eigenvalue weighted by Gasteiger charge is -2.37. The summed E-state index contributed by atoms with van der Waals surface area (Å²) in [5.41, 5.74) is 2.68. The van der Waals surface area contributed by atoms with Crippen molar-refractivity contribution in [3.8, 4) is 0 Å². The van der Waals surface area contributed by atoms with Gasteiger partial charge in [0.25, 0.3) is 5.91 Å². The number of rotatable bonds is 5. The van der Waals surface area contributed by atoms with Gasteiger partial charge in [-0.2, -0.15) is 0 Å². The quantitative estimate of drug-likeness (QED) is 0.891. The number of benzene rings is 1. The number of nitrogens with zero attached hydrogens (tertiary/aromatic N) is 3. The van der Waals surface area contributed by atoms with Crippen molar-refractivity contribution in [2.24, 2.45) is 0 Å². The van der Waals surface area contributed by atoms with Gasteiger partial charge in [-0.05, 0) is 36.8 Å². The van der Waals surface area contributed by atoms with E-state index in [2.05, 4.69) is 26.2 Å². The summed E-state index contributed by atoms with van der Waals surface area (Å²) in [5.74, 6) is -0.112. The summed E-state index contributed by atoms with van der Waals surface area (Å²) in [4.78, 5) is 20.9. The minimum atomic E-state index is -0.112. The van der Waals surface area contributed by atoms with Crippen LogP contribution in [0.5, 0.6) is 0 Å². The van der Waals surface area contributed by atoms with E-state index in [1.165, 1.54) is 0 Å². The first-order chi connectivity index (χ1) is 12.2. The molecule has 5 nitrogen and oxygen atoms in total. The Labute approximate surface area is 153 Å². The molecule has 1 aliphatic heterocycles. The topological polar surface area (TPSA) is 48.5 Å². The monoisotopic (exact) mass is 358 g/mol. The number of amides is 1. The van der Waals surface area contributed by atoms with Crippen LogP contribution >= 0.6 is 11.6 Å². The summed E-state index contributed by atoms with van der Waals surface area (Å²) in [7, 11) is 0. The van der Waals surface area contributed by atoms with Crippen molar-refractivity contribution in [2.75, 3.05) is 42.5 Å². The molecule has 3 rings (SSSR count). The lowest BCUT2D eigenvalue weighted by molar-refractivity contribution is 0.0948. The molecule has 132 valence electrons. The van der Waals surface area contributed by atoms with Crippen molar-refractivity contribution >= 4 is 28.9 Å². The van der Waals surface area contributed by atoms with Crippen molar-refractivity contribution in [1.82, 2.24) is 10.3 Å². The van der Waals surface area contributed by atoms with Crippen LogP contribution in [0.2, 0.25) is 5.02 Å². The van der Waals surface area contributed by atoms with Gasteiger partial charge in [-0.15, -0.1) is 0 Å². The van der Waals surface area contributed by atoms with E-state index in [4.69, 9.17) is 11.6 Å². The Hall–Kier alpha value is -2.27. The first kappa shape index (κ1) is 17.5. The lowest BCUT2D eigenvalue weighted by atomic mass is 10.2. The minimum absolute atomic E-state index is 0.112. The van der Waals surface area contributed by atoms with Crippen molar-refractivity contribution in [3.63, 3.8) is 0 Å². The molecule has 25 heavy (non-hydrogen) atoms. The van der Waals surface area contributed by atoms with Crippen LogP contribution in [0.1, 0.15) is 23.8 Å². The van der Waals surface area contributed by atoms with Crippen LogP contribution < -0.4 is 15.1 Å². The number of aromatic nitrogens is 1. The van der Waals surface area contributed by atoms with Gasteiger partial charge in [-0.1, -0.05) is 24.6 Å². The molecular weight excluding hydrogens is 336 g/mol. The summed E-state index contributed by atoms with van der Waals surface area (Å²) >= 11 is 6.08. The number of halogens is 1. The SMILES string of the molecule is CCCNC(=O)c1ccc(N2CCN(c3cccc(Cl)c3)CC2)cn1. The van der Waals surface area contributed by atoms with Crippen molar-refractivity contribution < 1.29 is 4.79 Å². The highest BCUT2D eigenvalue weighted by atomic mass is 35.5. The van der Waals surface area contributed by atoms with Gasteiger partial charge in [0.05, 0.1) is 11.9 Å². The summed E-state index contributed by atoms with van der Waals surface area (Å²) in [6.45, 7) is 6.39. The van der Waals surface area contributed by atoms with E-state index in [-0.39, 0.29) is 5.91 Å². The Morgan fingerprint density at radius 1 is 1.12 bits per heavy atom. The van der Waals surface area contributed by atoms with Gasteiger partial charge in [0, 0.05) is 43.4 Å². The highest BCUT2D eigenvalue weighted by Gasteiger charge is 2.18. The van der Waals surface area contributed by atoms with E-state index >= 15 is 0 Å². The van der Waals surface area contributed by atoms with Gasteiger partial charge in [0.2, 0.25) is 0 Å². The number of piperazine rings is 1. The van der Waals surface area contributed by atoms with E-state index in [9.17, 15) is 4.79 Å². The molecule has 0 unspecified atom stereocenters. The Bertz CT molecular complexity index is 712. The Morgan fingerprint density at radius 3 is 2.44 bits per heavy atom.